The molecule has 0 aromatic heterocycles. The molecule has 176 valence electrons. The Balaban J connectivity index is 1.52. The van der Waals surface area contributed by atoms with Gasteiger partial charge in [-0.2, -0.15) is 5.10 Å². The van der Waals surface area contributed by atoms with E-state index in [-0.39, 0.29) is 22.7 Å². The number of hydrogen-bond acceptors (Lipinski definition) is 9. The molecular weight excluding hydrogens is 456 g/mol. The highest BCUT2D eigenvalue weighted by molar-refractivity contribution is 6.24. The molecule has 2 aromatic carbocycles. The molecule has 35 heavy (non-hydrogen) atoms. The second-order valence-corrected chi connectivity index (χ2v) is 8.29. The van der Waals surface area contributed by atoms with Crippen LogP contribution in [-0.4, -0.2) is 51.8 Å². The van der Waals surface area contributed by atoms with Gasteiger partial charge in [-0.05, 0) is 36.4 Å². The number of nitrogens with zero attached hydrogens (tertiary/aromatic N) is 4. The maximum Gasteiger partial charge on any atom is 0.308 e. The van der Waals surface area contributed by atoms with Crippen molar-refractivity contribution < 1.29 is 28.8 Å². The summed E-state index contributed by atoms with van der Waals surface area (Å²) in [6.07, 6.45) is 4.84. The third-order valence-corrected chi connectivity index (χ3v) is 6.26. The Hall–Kier alpha value is -4.67. The molecule has 0 unspecified atom stereocenters. The highest BCUT2D eigenvalue weighted by Gasteiger charge is 2.64. The van der Waals surface area contributed by atoms with Gasteiger partial charge in [-0.25, -0.2) is 4.90 Å². The molecule has 3 aliphatic heterocycles. The number of rotatable bonds is 5. The maximum absolute atomic E-state index is 13.6. The summed E-state index contributed by atoms with van der Waals surface area (Å²) in [7, 11) is 0. The van der Waals surface area contributed by atoms with Gasteiger partial charge in [0.15, 0.2) is 5.78 Å². The van der Waals surface area contributed by atoms with Crippen LogP contribution < -0.4 is 9.64 Å². The van der Waals surface area contributed by atoms with Crippen molar-refractivity contribution in [3.8, 4) is 5.75 Å². The molecule has 11 nitrogen and oxygen atoms in total. The van der Waals surface area contributed by atoms with Crippen molar-refractivity contribution in [1.29, 1.82) is 0 Å². The Morgan fingerprint density at radius 2 is 1.77 bits per heavy atom. The van der Waals surface area contributed by atoms with E-state index in [1.807, 2.05) is 0 Å². The summed E-state index contributed by atoms with van der Waals surface area (Å²) in [5.41, 5.74) is 0.0731. The lowest BCUT2D eigenvalue weighted by Gasteiger charge is -2.30. The highest BCUT2D eigenvalue weighted by atomic mass is 16.6. The largest absolute Gasteiger partial charge is 0.427 e. The number of benzene rings is 2. The first-order valence-corrected chi connectivity index (χ1v) is 10.7. The number of hydrogen-bond donors (Lipinski definition) is 0. The molecule has 0 saturated carbocycles. The van der Waals surface area contributed by atoms with Gasteiger partial charge in [0.1, 0.15) is 11.8 Å². The van der Waals surface area contributed by atoms with Gasteiger partial charge in [0.25, 0.3) is 5.69 Å². The van der Waals surface area contributed by atoms with Crippen LogP contribution in [0.25, 0.3) is 0 Å². The van der Waals surface area contributed by atoms with Crippen LogP contribution in [0.15, 0.2) is 65.8 Å². The predicted octanol–water partition coefficient (Wildman–Crippen LogP) is 2.12. The highest BCUT2D eigenvalue weighted by Crippen LogP contribution is 2.46. The smallest absolute Gasteiger partial charge is 0.308 e. The quantitative estimate of drug-likeness (QED) is 0.160. The van der Waals surface area contributed by atoms with Gasteiger partial charge in [0.2, 0.25) is 11.8 Å². The molecule has 5 rings (SSSR count). The van der Waals surface area contributed by atoms with E-state index in [1.165, 1.54) is 60.6 Å². The summed E-state index contributed by atoms with van der Waals surface area (Å²) in [5.74, 6) is -3.75. The van der Waals surface area contributed by atoms with Crippen molar-refractivity contribution in [3.63, 3.8) is 0 Å². The fourth-order valence-electron chi connectivity index (χ4n) is 4.86. The minimum absolute atomic E-state index is 0.0790. The Kier molecular flexibility index (Phi) is 5.24. The van der Waals surface area contributed by atoms with E-state index in [1.54, 1.807) is 12.2 Å². The van der Waals surface area contributed by atoms with Crippen LogP contribution in [0.1, 0.15) is 17.3 Å². The number of imide groups is 1. The van der Waals surface area contributed by atoms with Crippen LogP contribution in [0.4, 0.5) is 11.4 Å². The number of carbonyl (C=O) groups is 4. The molecule has 4 atom stereocenters. The number of nitro groups is 1. The lowest BCUT2D eigenvalue weighted by molar-refractivity contribution is -0.384. The molecule has 0 radical (unpaired) electrons. The van der Waals surface area contributed by atoms with E-state index < -0.39 is 52.4 Å². The number of carbonyl (C=O) groups excluding carboxylic acids is 4. The maximum atomic E-state index is 13.6. The van der Waals surface area contributed by atoms with Crippen molar-refractivity contribution in [1.82, 2.24) is 5.01 Å². The van der Waals surface area contributed by atoms with Gasteiger partial charge in [-0.3, -0.25) is 34.3 Å². The number of ketones is 1. The van der Waals surface area contributed by atoms with Gasteiger partial charge >= 0.3 is 5.97 Å². The Labute approximate surface area is 198 Å². The molecule has 2 saturated heterocycles. The van der Waals surface area contributed by atoms with Crippen LogP contribution in [0, 0.1) is 22.0 Å². The van der Waals surface area contributed by atoms with Crippen LogP contribution in [0.2, 0.25) is 0 Å². The van der Waals surface area contributed by atoms with Crippen molar-refractivity contribution in [3.05, 3.63) is 76.4 Å². The lowest BCUT2D eigenvalue weighted by atomic mass is 9.86. The molecule has 2 aromatic rings. The number of hydrazone groups is 1. The molecule has 0 N–H and O–H groups in total. The lowest BCUT2D eigenvalue weighted by Crippen LogP contribution is -2.46. The van der Waals surface area contributed by atoms with Gasteiger partial charge < -0.3 is 4.74 Å². The molecule has 2 amide bonds. The number of esters is 1. The number of allylic oxidation sites excluding steroid dienone is 1. The van der Waals surface area contributed by atoms with Crippen LogP contribution in [-0.2, 0) is 14.4 Å². The second-order valence-electron chi connectivity index (χ2n) is 8.29. The van der Waals surface area contributed by atoms with Crippen molar-refractivity contribution >= 4 is 41.2 Å². The average molecular weight is 474 g/mol. The normalized spacial score (nSPS) is 24.4. The van der Waals surface area contributed by atoms with Crippen molar-refractivity contribution in [2.75, 3.05) is 4.90 Å². The first-order chi connectivity index (χ1) is 16.8. The minimum atomic E-state index is -1.06. The molecule has 3 aliphatic rings. The predicted molar refractivity (Wildman–Crippen MR) is 122 cm³/mol. The number of nitro benzene ring substituents is 1. The first kappa shape index (κ1) is 22.1. The Bertz CT molecular complexity index is 1330. The third kappa shape index (κ3) is 3.57. The number of non-ortho nitro benzene ring substituents is 1. The fourth-order valence-corrected chi connectivity index (χ4v) is 4.86. The zero-order valence-corrected chi connectivity index (χ0v) is 18.3. The number of anilines is 1. The molecule has 2 fully saturated rings. The molecular formula is C24H18N4O7. The first-order valence-electron chi connectivity index (χ1n) is 10.7. The van der Waals surface area contributed by atoms with Gasteiger partial charge in [-0.15, -0.1) is 0 Å². The summed E-state index contributed by atoms with van der Waals surface area (Å²) in [6.45, 7) is 1.26. The fraction of sp³-hybridized carbons (Fsp3) is 0.208. The number of ether oxygens (including phenoxy) is 1. The van der Waals surface area contributed by atoms with Crippen molar-refractivity contribution in [2.45, 2.75) is 19.0 Å². The number of fused-ring (bicyclic) bond motifs is 3. The molecule has 0 aliphatic carbocycles. The monoisotopic (exact) mass is 474 g/mol. The third-order valence-electron chi connectivity index (χ3n) is 6.26. The van der Waals surface area contributed by atoms with E-state index in [2.05, 4.69) is 5.10 Å². The molecule has 3 heterocycles. The average Bonchev–Trinajstić information content (AvgIpc) is 3.31. The van der Waals surface area contributed by atoms with Crippen molar-refractivity contribution in [2.24, 2.45) is 16.9 Å². The zero-order chi connectivity index (χ0) is 24.9. The minimum Gasteiger partial charge on any atom is -0.427 e. The van der Waals surface area contributed by atoms with Gasteiger partial charge in [-0.1, -0.05) is 12.1 Å². The van der Waals surface area contributed by atoms with Crippen LogP contribution >= 0.6 is 0 Å². The van der Waals surface area contributed by atoms with E-state index in [4.69, 9.17) is 4.74 Å². The summed E-state index contributed by atoms with van der Waals surface area (Å²) in [4.78, 5) is 63.3. The Morgan fingerprint density at radius 3 is 2.46 bits per heavy atom. The summed E-state index contributed by atoms with van der Waals surface area (Å²) >= 11 is 0. The Morgan fingerprint density at radius 1 is 1.06 bits per heavy atom. The standard InChI is InChI=1S/C24H18N4O7/c1-13(29)35-17-9-7-14(8-10-17)22(30)21-20-19(18-6-3-11-25-27(18)21)23(31)26(24(20)32)15-4-2-5-16(12-15)28(33)34/h2-12,18-21H,1H3/t18-,19-,20-,21+/m0/s1. The summed E-state index contributed by atoms with van der Waals surface area (Å²) in [6, 6.07) is 9.47. The van der Waals surface area contributed by atoms with Gasteiger partial charge in [0.05, 0.1) is 28.5 Å². The number of amides is 2. The SMILES string of the molecule is CC(=O)Oc1ccc(C(=O)[C@H]2[C@H]3C(=O)N(c4cccc([N+](=O)[O-])c4)C(=O)[C@H]3[C@@H]3C=CC=NN32)cc1. The zero-order valence-electron chi connectivity index (χ0n) is 18.3. The summed E-state index contributed by atoms with van der Waals surface area (Å²) in [5, 5.41) is 17.0. The van der Waals surface area contributed by atoms with Crippen LogP contribution in [0.5, 0.6) is 5.75 Å². The van der Waals surface area contributed by atoms with E-state index in [0.29, 0.717) is 0 Å². The second kappa shape index (κ2) is 8.28. The molecule has 0 spiro atoms. The topological polar surface area (TPSA) is 139 Å². The van der Waals surface area contributed by atoms with E-state index >= 15 is 0 Å². The van der Waals surface area contributed by atoms with E-state index in [0.717, 1.165) is 11.0 Å². The number of Topliss-reactive ketones (excluding diaryl/α,β-unsaturated/α-hetero) is 1. The summed E-state index contributed by atoms with van der Waals surface area (Å²) < 4.78 is 5.00. The van der Waals surface area contributed by atoms with Crippen LogP contribution in [0.3, 0.4) is 0 Å². The van der Waals surface area contributed by atoms with E-state index in [9.17, 15) is 29.3 Å². The van der Waals surface area contributed by atoms with Gasteiger partial charge in [0, 0.05) is 30.8 Å². The molecule has 11 heteroatoms. The molecule has 0 bridgehead atoms.